The highest BCUT2D eigenvalue weighted by Crippen LogP contribution is 2.31. The van der Waals surface area contributed by atoms with E-state index in [2.05, 4.69) is 20.9 Å². The van der Waals surface area contributed by atoms with Crippen molar-refractivity contribution >= 4 is 29.3 Å². The number of carbonyl (C=O) groups excluding carboxylic acids is 3. The highest BCUT2D eigenvalue weighted by Gasteiger charge is 2.43. The van der Waals surface area contributed by atoms with Crippen LogP contribution in [0.4, 0.5) is 0 Å². The lowest BCUT2D eigenvalue weighted by molar-refractivity contribution is -0.132. The fraction of sp³-hybridized carbons (Fsp3) is 0.483. The largest absolute Gasteiger partial charge is 0.379 e. The van der Waals surface area contributed by atoms with Gasteiger partial charge in [0.2, 0.25) is 11.8 Å². The van der Waals surface area contributed by atoms with E-state index in [1.165, 1.54) is 0 Å². The molecule has 38 heavy (non-hydrogen) atoms. The molecule has 1 saturated heterocycles. The van der Waals surface area contributed by atoms with Crippen molar-refractivity contribution in [2.75, 3.05) is 39.4 Å². The van der Waals surface area contributed by atoms with Gasteiger partial charge in [-0.3, -0.25) is 19.3 Å². The average molecular weight is 541 g/mol. The van der Waals surface area contributed by atoms with Crippen molar-refractivity contribution in [2.24, 2.45) is 0 Å². The first kappa shape index (κ1) is 28.1. The summed E-state index contributed by atoms with van der Waals surface area (Å²) in [6.45, 7) is 4.71. The van der Waals surface area contributed by atoms with E-state index in [9.17, 15) is 14.4 Å². The molecule has 3 amide bonds. The van der Waals surface area contributed by atoms with Crippen LogP contribution in [-0.2, 0) is 20.7 Å². The monoisotopic (exact) mass is 540 g/mol. The molecule has 8 nitrogen and oxygen atoms in total. The average Bonchev–Trinajstić information content (AvgIpc) is 3.41. The van der Waals surface area contributed by atoms with E-state index in [0.29, 0.717) is 36.4 Å². The molecule has 2 aliphatic rings. The minimum atomic E-state index is -1.06. The minimum Gasteiger partial charge on any atom is -0.379 e. The predicted octanol–water partition coefficient (Wildman–Crippen LogP) is 2.95. The van der Waals surface area contributed by atoms with Gasteiger partial charge < -0.3 is 20.7 Å². The lowest BCUT2D eigenvalue weighted by Crippen LogP contribution is -2.61. The van der Waals surface area contributed by atoms with Gasteiger partial charge in [-0.1, -0.05) is 60.8 Å². The number of carbonyl (C=O) groups is 3. The summed E-state index contributed by atoms with van der Waals surface area (Å²) >= 11 is 6.07. The number of halogens is 1. The molecule has 3 N–H and O–H groups in total. The first-order valence-corrected chi connectivity index (χ1v) is 13.8. The van der Waals surface area contributed by atoms with Gasteiger partial charge in [0.05, 0.1) is 13.2 Å². The lowest BCUT2D eigenvalue weighted by Gasteiger charge is -2.31. The van der Waals surface area contributed by atoms with Gasteiger partial charge in [-0.2, -0.15) is 0 Å². The van der Waals surface area contributed by atoms with Crippen LogP contribution < -0.4 is 16.0 Å². The molecule has 1 aliphatic heterocycles. The van der Waals surface area contributed by atoms with Crippen molar-refractivity contribution in [3.63, 3.8) is 0 Å². The van der Waals surface area contributed by atoms with Crippen molar-refractivity contribution in [1.29, 1.82) is 0 Å². The summed E-state index contributed by atoms with van der Waals surface area (Å²) in [6.07, 6.45) is 3.85. The first-order valence-electron chi connectivity index (χ1n) is 13.5. The topological polar surface area (TPSA) is 99.8 Å². The normalized spacial score (nSPS) is 17.9. The van der Waals surface area contributed by atoms with Crippen LogP contribution >= 0.6 is 11.6 Å². The van der Waals surface area contributed by atoms with Crippen LogP contribution in [0.5, 0.6) is 0 Å². The summed E-state index contributed by atoms with van der Waals surface area (Å²) in [5.74, 6) is -0.898. The molecular formula is C29H37ClN4O4. The van der Waals surface area contributed by atoms with Gasteiger partial charge in [-0.05, 0) is 49.6 Å². The van der Waals surface area contributed by atoms with Crippen molar-refractivity contribution in [2.45, 2.75) is 50.1 Å². The van der Waals surface area contributed by atoms with E-state index in [0.717, 1.165) is 57.7 Å². The lowest BCUT2D eigenvalue weighted by atomic mass is 9.94. The molecule has 0 radical (unpaired) electrons. The van der Waals surface area contributed by atoms with E-state index < -0.39 is 11.6 Å². The number of amides is 3. The third-order valence-electron chi connectivity index (χ3n) is 7.29. The molecule has 1 aliphatic carbocycles. The van der Waals surface area contributed by atoms with Gasteiger partial charge in [0.15, 0.2) is 0 Å². The molecule has 9 heteroatoms. The Hall–Kier alpha value is -2.94. The molecule has 2 fully saturated rings. The number of ether oxygens (including phenoxy) is 1. The molecule has 1 heterocycles. The highest BCUT2D eigenvalue weighted by atomic mass is 35.5. The molecule has 2 aromatic rings. The Bertz CT molecular complexity index is 1080. The maximum absolute atomic E-state index is 13.7. The first-order chi connectivity index (χ1) is 18.4. The van der Waals surface area contributed by atoms with Crippen LogP contribution in [0.3, 0.4) is 0 Å². The SMILES string of the molecule is O=C(NC1(C(=O)N[C@H](Cc2ccccc2)C(=O)NCCCN2CCOCC2)CCCC1)c1cccc(Cl)c1. The number of morpholine rings is 1. The van der Waals surface area contributed by atoms with Gasteiger partial charge in [-0.25, -0.2) is 0 Å². The number of hydrogen-bond acceptors (Lipinski definition) is 5. The smallest absolute Gasteiger partial charge is 0.252 e. The Morgan fingerprint density at radius 2 is 1.74 bits per heavy atom. The van der Waals surface area contributed by atoms with Gasteiger partial charge in [-0.15, -0.1) is 0 Å². The Morgan fingerprint density at radius 3 is 2.45 bits per heavy atom. The molecule has 0 aromatic heterocycles. The highest BCUT2D eigenvalue weighted by molar-refractivity contribution is 6.31. The Morgan fingerprint density at radius 1 is 1.00 bits per heavy atom. The van der Waals surface area contributed by atoms with E-state index in [4.69, 9.17) is 16.3 Å². The van der Waals surface area contributed by atoms with Crippen LogP contribution in [0.1, 0.15) is 48.0 Å². The Kier molecular flexibility index (Phi) is 10.1. The Balaban J connectivity index is 1.41. The summed E-state index contributed by atoms with van der Waals surface area (Å²) in [5, 5.41) is 9.43. The van der Waals surface area contributed by atoms with Crippen LogP contribution in [0, 0.1) is 0 Å². The zero-order valence-electron chi connectivity index (χ0n) is 21.7. The summed E-state index contributed by atoms with van der Waals surface area (Å²) in [6, 6.07) is 15.5. The summed E-state index contributed by atoms with van der Waals surface area (Å²) in [4.78, 5) is 42.3. The summed E-state index contributed by atoms with van der Waals surface area (Å²) in [7, 11) is 0. The van der Waals surface area contributed by atoms with Crippen molar-refractivity contribution in [3.8, 4) is 0 Å². The zero-order valence-corrected chi connectivity index (χ0v) is 22.5. The quantitative estimate of drug-likeness (QED) is 0.381. The number of benzene rings is 2. The van der Waals surface area contributed by atoms with Crippen LogP contribution in [0.15, 0.2) is 54.6 Å². The molecule has 0 spiro atoms. The molecular weight excluding hydrogens is 504 g/mol. The maximum Gasteiger partial charge on any atom is 0.252 e. The molecule has 0 unspecified atom stereocenters. The molecule has 1 atom stereocenters. The predicted molar refractivity (Wildman–Crippen MR) is 147 cm³/mol. The molecule has 2 aromatic carbocycles. The molecule has 0 bridgehead atoms. The summed E-state index contributed by atoms with van der Waals surface area (Å²) < 4.78 is 5.39. The maximum atomic E-state index is 13.7. The molecule has 204 valence electrons. The fourth-order valence-electron chi connectivity index (χ4n) is 5.12. The third-order valence-corrected chi connectivity index (χ3v) is 7.52. The number of nitrogens with one attached hydrogen (secondary N) is 3. The number of rotatable bonds is 11. The van der Waals surface area contributed by atoms with Gasteiger partial charge in [0.1, 0.15) is 11.6 Å². The van der Waals surface area contributed by atoms with Crippen molar-refractivity contribution < 1.29 is 19.1 Å². The van der Waals surface area contributed by atoms with Crippen LogP contribution in [0.2, 0.25) is 5.02 Å². The summed E-state index contributed by atoms with van der Waals surface area (Å²) in [5.41, 5.74) is 0.283. The van der Waals surface area contributed by atoms with Gasteiger partial charge >= 0.3 is 0 Å². The number of hydrogen-bond donors (Lipinski definition) is 3. The van der Waals surface area contributed by atoms with Gasteiger partial charge in [0.25, 0.3) is 5.91 Å². The third kappa shape index (κ3) is 7.79. The van der Waals surface area contributed by atoms with Gasteiger partial charge in [0, 0.05) is 36.6 Å². The standard InChI is InChI=1S/C29H37ClN4O4/c30-24-11-6-10-23(21-24)26(35)33-29(12-4-5-13-29)28(37)32-25(20-22-8-2-1-3-9-22)27(36)31-14-7-15-34-16-18-38-19-17-34/h1-3,6,8-11,21,25H,4-5,7,12-20H2,(H,31,36)(H,32,37)(H,33,35)/t25-/m1/s1. The van der Waals surface area contributed by atoms with E-state index in [1.807, 2.05) is 30.3 Å². The van der Waals surface area contributed by atoms with Crippen molar-refractivity contribution in [3.05, 3.63) is 70.7 Å². The van der Waals surface area contributed by atoms with Crippen molar-refractivity contribution in [1.82, 2.24) is 20.9 Å². The fourth-order valence-corrected chi connectivity index (χ4v) is 5.31. The Labute approximate surface area is 229 Å². The van der Waals surface area contributed by atoms with E-state index in [1.54, 1.807) is 24.3 Å². The molecule has 4 rings (SSSR count). The van der Waals surface area contributed by atoms with E-state index in [-0.39, 0.29) is 17.7 Å². The minimum absolute atomic E-state index is 0.224. The van der Waals surface area contributed by atoms with Crippen LogP contribution in [-0.4, -0.2) is 73.6 Å². The zero-order chi connectivity index (χ0) is 26.8. The second-order valence-electron chi connectivity index (χ2n) is 10.1. The van der Waals surface area contributed by atoms with Crippen LogP contribution in [0.25, 0.3) is 0 Å². The number of nitrogens with zero attached hydrogens (tertiary/aromatic N) is 1. The van der Waals surface area contributed by atoms with E-state index >= 15 is 0 Å². The second kappa shape index (κ2) is 13.7. The second-order valence-corrected chi connectivity index (χ2v) is 10.5. The molecule has 1 saturated carbocycles.